The molecule has 1 aromatic heterocycles. The van der Waals surface area contributed by atoms with Crippen molar-refractivity contribution in [1.29, 1.82) is 0 Å². The maximum atomic E-state index is 12.4. The van der Waals surface area contributed by atoms with E-state index in [9.17, 15) is 18.0 Å². The second kappa shape index (κ2) is 5.18. The second-order valence-electron chi connectivity index (χ2n) is 4.64. The predicted octanol–water partition coefficient (Wildman–Crippen LogP) is 2.28. The fraction of sp³-hybridized carbons (Fsp3) is 0.500. The zero-order valence-electron chi connectivity index (χ0n) is 11.0. The van der Waals surface area contributed by atoms with E-state index in [0.717, 1.165) is 7.05 Å². The molecule has 110 valence electrons. The Kier molecular flexibility index (Phi) is 3.74. The van der Waals surface area contributed by atoms with E-state index in [1.54, 1.807) is 13.0 Å². The van der Waals surface area contributed by atoms with Crippen LogP contribution in [-0.2, 0) is 0 Å². The molecule has 1 aliphatic rings. The van der Waals surface area contributed by atoms with Crippen LogP contribution in [0.2, 0.25) is 0 Å². The molecule has 8 heteroatoms. The molecule has 1 unspecified atom stereocenters. The number of alkyl halides is 3. The summed E-state index contributed by atoms with van der Waals surface area (Å²) >= 11 is 0. The Balaban J connectivity index is 2.22. The first-order chi connectivity index (χ1) is 9.28. The van der Waals surface area contributed by atoms with Gasteiger partial charge in [-0.3, -0.25) is 9.88 Å². The van der Waals surface area contributed by atoms with Gasteiger partial charge in [0.1, 0.15) is 24.1 Å². The van der Waals surface area contributed by atoms with Crippen LogP contribution in [0.5, 0.6) is 5.75 Å². The van der Waals surface area contributed by atoms with Gasteiger partial charge in [0.25, 0.3) is 0 Å². The summed E-state index contributed by atoms with van der Waals surface area (Å²) in [6, 6.07) is 0.849. The first kappa shape index (κ1) is 14.4. The average molecular weight is 289 g/mol. The Hall–Kier alpha value is -1.99. The fourth-order valence-electron chi connectivity index (χ4n) is 2.01. The quantitative estimate of drug-likeness (QED) is 0.797. The zero-order chi connectivity index (χ0) is 14.9. The number of halogens is 3. The molecular formula is C12H14F3N3O2. The molecule has 0 radical (unpaired) electrons. The molecule has 1 atom stereocenters. The number of carbonyl (C=O) groups excluding carboxylic acids is 1. The Bertz CT molecular complexity index is 507. The predicted molar refractivity (Wildman–Crippen MR) is 65.8 cm³/mol. The number of nitrogens with zero attached hydrogens (tertiary/aromatic N) is 3. The van der Waals surface area contributed by atoms with E-state index in [2.05, 4.69) is 4.98 Å². The Labute approximate surface area is 113 Å². The lowest BCUT2D eigenvalue weighted by atomic mass is 10.2. The summed E-state index contributed by atoms with van der Waals surface area (Å²) in [4.78, 5) is 17.9. The standard InChI is InChI=1S/C12H14F3N3O2/c1-8-6-18(9-5-16-4-3-10(9)20-8)11(19)17(2)7-12(13,14)15/h3-5,8H,6-7H2,1-2H3. The third-order valence-corrected chi connectivity index (χ3v) is 2.79. The highest BCUT2D eigenvalue weighted by atomic mass is 19.4. The number of pyridine rings is 1. The number of hydrogen-bond donors (Lipinski definition) is 0. The van der Waals surface area contributed by atoms with Crippen molar-refractivity contribution in [2.24, 2.45) is 0 Å². The SMILES string of the molecule is CC1CN(C(=O)N(C)CC(F)(F)F)c2cnccc2O1. The van der Waals surface area contributed by atoms with Crippen LogP contribution >= 0.6 is 0 Å². The summed E-state index contributed by atoms with van der Waals surface area (Å²) in [7, 11) is 1.12. The van der Waals surface area contributed by atoms with E-state index in [1.807, 2.05) is 0 Å². The number of carbonyl (C=O) groups is 1. The molecule has 0 bridgehead atoms. The van der Waals surface area contributed by atoms with Crippen LogP contribution in [-0.4, -0.2) is 48.3 Å². The number of fused-ring (bicyclic) bond motifs is 1. The molecule has 20 heavy (non-hydrogen) atoms. The minimum absolute atomic E-state index is 0.180. The lowest BCUT2D eigenvalue weighted by molar-refractivity contribution is -0.137. The first-order valence-electron chi connectivity index (χ1n) is 5.98. The van der Waals surface area contributed by atoms with Crippen LogP contribution < -0.4 is 9.64 Å². The molecule has 0 fully saturated rings. The zero-order valence-corrected chi connectivity index (χ0v) is 11.0. The molecule has 0 aliphatic carbocycles. The highest BCUT2D eigenvalue weighted by Crippen LogP contribution is 2.33. The van der Waals surface area contributed by atoms with Crippen molar-refractivity contribution in [1.82, 2.24) is 9.88 Å². The van der Waals surface area contributed by atoms with Crippen molar-refractivity contribution in [3.05, 3.63) is 18.5 Å². The summed E-state index contributed by atoms with van der Waals surface area (Å²) < 4.78 is 42.6. The molecule has 0 N–H and O–H groups in total. The van der Waals surface area contributed by atoms with Crippen molar-refractivity contribution in [3.63, 3.8) is 0 Å². The van der Waals surface area contributed by atoms with Crippen LogP contribution in [0.3, 0.4) is 0 Å². The molecule has 2 heterocycles. The Morgan fingerprint density at radius 2 is 2.30 bits per heavy atom. The number of hydrogen-bond acceptors (Lipinski definition) is 3. The molecule has 0 saturated carbocycles. The minimum atomic E-state index is -4.43. The molecule has 0 saturated heterocycles. The van der Waals surface area contributed by atoms with E-state index in [1.165, 1.54) is 17.3 Å². The fourth-order valence-corrected chi connectivity index (χ4v) is 2.01. The molecule has 0 spiro atoms. The molecule has 5 nitrogen and oxygen atoms in total. The number of ether oxygens (including phenoxy) is 1. The van der Waals surface area contributed by atoms with Gasteiger partial charge >= 0.3 is 12.2 Å². The van der Waals surface area contributed by atoms with E-state index in [-0.39, 0.29) is 12.6 Å². The van der Waals surface area contributed by atoms with E-state index in [0.29, 0.717) is 16.3 Å². The molecule has 1 aromatic rings. The lowest BCUT2D eigenvalue weighted by Crippen LogP contribution is -2.49. The summed E-state index contributed by atoms with van der Waals surface area (Å²) in [5.74, 6) is 0.438. The van der Waals surface area contributed by atoms with E-state index >= 15 is 0 Å². The number of amides is 2. The van der Waals surface area contributed by atoms with Gasteiger partial charge < -0.3 is 9.64 Å². The third-order valence-electron chi connectivity index (χ3n) is 2.79. The van der Waals surface area contributed by atoms with Crippen LogP contribution in [0, 0.1) is 0 Å². The summed E-state index contributed by atoms with van der Waals surface area (Å²) in [6.45, 7) is 0.625. The number of rotatable bonds is 1. The Morgan fingerprint density at radius 3 is 2.95 bits per heavy atom. The first-order valence-corrected chi connectivity index (χ1v) is 5.98. The van der Waals surface area contributed by atoms with Gasteiger partial charge in [-0.25, -0.2) is 4.79 Å². The van der Waals surface area contributed by atoms with E-state index < -0.39 is 18.8 Å². The van der Waals surface area contributed by atoms with Crippen molar-refractivity contribution in [3.8, 4) is 5.75 Å². The van der Waals surface area contributed by atoms with Crippen LogP contribution in [0.1, 0.15) is 6.92 Å². The normalized spacial score (nSPS) is 18.2. The van der Waals surface area contributed by atoms with Gasteiger partial charge in [0.05, 0.1) is 12.7 Å². The van der Waals surface area contributed by atoms with Gasteiger partial charge in [0.2, 0.25) is 0 Å². The van der Waals surface area contributed by atoms with Crippen molar-refractivity contribution in [2.45, 2.75) is 19.2 Å². The monoisotopic (exact) mass is 289 g/mol. The number of aromatic nitrogens is 1. The maximum Gasteiger partial charge on any atom is 0.406 e. The minimum Gasteiger partial charge on any atom is -0.487 e. The largest absolute Gasteiger partial charge is 0.487 e. The number of anilines is 1. The van der Waals surface area contributed by atoms with Gasteiger partial charge in [-0.05, 0) is 6.92 Å². The highest BCUT2D eigenvalue weighted by Gasteiger charge is 2.35. The highest BCUT2D eigenvalue weighted by molar-refractivity contribution is 5.93. The van der Waals surface area contributed by atoms with Crippen molar-refractivity contribution in [2.75, 3.05) is 25.0 Å². The molecule has 2 amide bonds. The van der Waals surface area contributed by atoms with Gasteiger partial charge in [0, 0.05) is 19.3 Å². The smallest absolute Gasteiger partial charge is 0.406 e. The molecule has 2 rings (SSSR count). The molecule has 1 aliphatic heterocycles. The summed E-state index contributed by atoms with van der Waals surface area (Å²) in [6.07, 6.45) is -1.83. The lowest BCUT2D eigenvalue weighted by Gasteiger charge is -2.35. The third kappa shape index (κ3) is 3.12. The second-order valence-corrected chi connectivity index (χ2v) is 4.64. The summed E-state index contributed by atoms with van der Waals surface area (Å²) in [5.41, 5.74) is 0.379. The van der Waals surface area contributed by atoms with Gasteiger partial charge in [0.15, 0.2) is 0 Å². The van der Waals surface area contributed by atoms with Crippen molar-refractivity contribution < 1.29 is 22.7 Å². The number of urea groups is 1. The van der Waals surface area contributed by atoms with Gasteiger partial charge in [-0.1, -0.05) is 0 Å². The van der Waals surface area contributed by atoms with Crippen LogP contribution in [0.25, 0.3) is 0 Å². The molecule has 0 aromatic carbocycles. The van der Waals surface area contributed by atoms with Gasteiger partial charge in [-0.15, -0.1) is 0 Å². The molecular weight excluding hydrogens is 275 g/mol. The summed E-state index contributed by atoms with van der Waals surface area (Å²) in [5, 5.41) is 0. The average Bonchev–Trinajstić information content (AvgIpc) is 2.34. The van der Waals surface area contributed by atoms with E-state index in [4.69, 9.17) is 4.74 Å². The topological polar surface area (TPSA) is 45.7 Å². The maximum absolute atomic E-state index is 12.4. The van der Waals surface area contributed by atoms with Crippen molar-refractivity contribution >= 4 is 11.7 Å². The van der Waals surface area contributed by atoms with Crippen LogP contribution in [0.15, 0.2) is 18.5 Å². The van der Waals surface area contributed by atoms with Gasteiger partial charge in [-0.2, -0.15) is 13.2 Å². The van der Waals surface area contributed by atoms with Crippen LogP contribution in [0.4, 0.5) is 23.7 Å². The Morgan fingerprint density at radius 1 is 1.60 bits per heavy atom.